The highest BCUT2D eigenvalue weighted by Crippen LogP contribution is 2.32. The summed E-state index contributed by atoms with van der Waals surface area (Å²) in [4.78, 5) is 12.5. The van der Waals surface area contributed by atoms with Gasteiger partial charge in [0, 0.05) is 18.2 Å². The molecule has 27 heavy (non-hydrogen) atoms. The lowest BCUT2D eigenvalue weighted by molar-refractivity contribution is -0.120. The number of carbonyl (C=O) groups is 1. The Bertz CT molecular complexity index is 891. The van der Waals surface area contributed by atoms with E-state index in [2.05, 4.69) is 5.32 Å². The number of methoxy groups -OCH3 is 1. The van der Waals surface area contributed by atoms with E-state index in [0.29, 0.717) is 11.6 Å². The van der Waals surface area contributed by atoms with Crippen LogP contribution < -0.4 is 9.62 Å². The van der Waals surface area contributed by atoms with Crippen molar-refractivity contribution in [1.29, 1.82) is 0 Å². The molecule has 0 saturated carbocycles. The minimum Gasteiger partial charge on any atom is -0.383 e. The van der Waals surface area contributed by atoms with E-state index in [1.165, 1.54) is 31.4 Å². The van der Waals surface area contributed by atoms with Gasteiger partial charge in [-0.15, -0.1) is 0 Å². The second-order valence-corrected chi connectivity index (χ2v) is 8.55. The Hall–Kier alpha value is -1.80. The van der Waals surface area contributed by atoms with Gasteiger partial charge >= 0.3 is 0 Å². The van der Waals surface area contributed by atoms with Crippen LogP contribution in [0.2, 0.25) is 10.0 Å². The Morgan fingerprint density at radius 2 is 1.85 bits per heavy atom. The average molecular weight is 431 g/mol. The van der Waals surface area contributed by atoms with E-state index >= 15 is 0 Å². The summed E-state index contributed by atoms with van der Waals surface area (Å²) in [7, 11) is -2.52. The van der Waals surface area contributed by atoms with Crippen LogP contribution in [0.15, 0.2) is 53.4 Å². The lowest BCUT2D eigenvalue weighted by Crippen LogP contribution is -2.44. The van der Waals surface area contributed by atoms with Crippen LogP contribution in [0.4, 0.5) is 5.69 Å². The topological polar surface area (TPSA) is 75.7 Å². The van der Waals surface area contributed by atoms with Gasteiger partial charge in [0.05, 0.1) is 22.2 Å². The first-order valence-corrected chi connectivity index (χ1v) is 10.3. The summed E-state index contributed by atoms with van der Waals surface area (Å²) in [5.74, 6) is -0.491. The van der Waals surface area contributed by atoms with Crippen LogP contribution in [0.3, 0.4) is 0 Å². The van der Waals surface area contributed by atoms with Crippen molar-refractivity contribution in [2.75, 3.05) is 24.6 Å². The first-order chi connectivity index (χ1) is 12.8. The Morgan fingerprint density at radius 3 is 2.48 bits per heavy atom. The summed E-state index contributed by atoms with van der Waals surface area (Å²) in [6.07, 6.45) is 0. The molecule has 0 saturated heterocycles. The van der Waals surface area contributed by atoms with Gasteiger partial charge in [-0.1, -0.05) is 41.4 Å². The molecule has 0 fully saturated rings. The molecular weight excluding hydrogens is 411 g/mol. The van der Waals surface area contributed by atoms with Crippen molar-refractivity contribution in [2.24, 2.45) is 0 Å². The minimum absolute atomic E-state index is 0.0405. The van der Waals surface area contributed by atoms with Crippen molar-refractivity contribution < 1.29 is 17.9 Å². The number of carbonyl (C=O) groups excluding carboxylic acids is 1. The van der Waals surface area contributed by atoms with Crippen LogP contribution in [0.1, 0.15) is 6.92 Å². The van der Waals surface area contributed by atoms with Gasteiger partial charge in [0.2, 0.25) is 5.91 Å². The number of nitrogens with zero attached hydrogens (tertiary/aromatic N) is 1. The maximum absolute atomic E-state index is 13.2. The zero-order valence-electron chi connectivity index (χ0n) is 14.9. The molecule has 146 valence electrons. The summed E-state index contributed by atoms with van der Waals surface area (Å²) in [5.41, 5.74) is 0.127. The van der Waals surface area contributed by atoms with Crippen molar-refractivity contribution in [1.82, 2.24) is 5.32 Å². The molecule has 0 aromatic heterocycles. The van der Waals surface area contributed by atoms with Crippen LogP contribution in [0.5, 0.6) is 0 Å². The molecule has 0 aliphatic rings. The molecule has 0 spiro atoms. The van der Waals surface area contributed by atoms with Gasteiger partial charge in [-0.2, -0.15) is 0 Å². The standard InChI is InChI=1S/C18H20Cl2N2O4S/c1-13(12-26-2)21-18(23)11-22(17-10-14(19)8-9-16(17)20)27(24,25)15-6-4-3-5-7-15/h3-10,13H,11-12H2,1-2H3,(H,21,23)/t13-/m1/s1. The second kappa shape index (κ2) is 9.41. The highest BCUT2D eigenvalue weighted by molar-refractivity contribution is 7.92. The van der Waals surface area contributed by atoms with Crippen molar-refractivity contribution >= 4 is 44.8 Å². The lowest BCUT2D eigenvalue weighted by Gasteiger charge is -2.26. The fourth-order valence-corrected chi connectivity index (χ4v) is 4.33. The number of halogens is 2. The number of ether oxygens (including phenoxy) is 1. The fraction of sp³-hybridized carbons (Fsp3) is 0.278. The normalized spacial score (nSPS) is 12.4. The predicted octanol–water partition coefficient (Wildman–Crippen LogP) is 3.34. The summed E-state index contributed by atoms with van der Waals surface area (Å²) in [6, 6.07) is 12.0. The van der Waals surface area contributed by atoms with Gasteiger partial charge in [0.15, 0.2) is 0 Å². The monoisotopic (exact) mass is 430 g/mol. The van der Waals surface area contributed by atoms with Crippen molar-refractivity contribution in [3.05, 3.63) is 58.6 Å². The Morgan fingerprint density at radius 1 is 1.19 bits per heavy atom. The number of sulfonamides is 1. The molecule has 1 amide bonds. The Balaban J connectivity index is 2.43. The number of hydrogen-bond donors (Lipinski definition) is 1. The van der Waals surface area contributed by atoms with Crippen LogP contribution in [0.25, 0.3) is 0 Å². The van der Waals surface area contributed by atoms with E-state index in [0.717, 1.165) is 4.31 Å². The number of nitrogens with one attached hydrogen (secondary N) is 1. The highest BCUT2D eigenvalue weighted by atomic mass is 35.5. The summed E-state index contributed by atoms with van der Waals surface area (Å²) < 4.78 is 32.3. The molecule has 9 heteroatoms. The van der Waals surface area contributed by atoms with Gasteiger partial charge in [0.1, 0.15) is 6.54 Å². The highest BCUT2D eigenvalue weighted by Gasteiger charge is 2.29. The average Bonchev–Trinajstić information content (AvgIpc) is 2.62. The molecule has 0 aliphatic carbocycles. The number of hydrogen-bond acceptors (Lipinski definition) is 4. The zero-order valence-corrected chi connectivity index (χ0v) is 17.2. The Kier molecular flexibility index (Phi) is 7.49. The minimum atomic E-state index is -4.04. The van der Waals surface area contributed by atoms with Crippen LogP contribution in [-0.2, 0) is 19.6 Å². The van der Waals surface area contributed by atoms with Crippen molar-refractivity contribution in [3.63, 3.8) is 0 Å². The maximum Gasteiger partial charge on any atom is 0.264 e. The second-order valence-electron chi connectivity index (χ2n) is 5.84. The molecule has 1 atom stereocenters. The van der Waals surface area contributed by atoms with Crippen LogP contribution in [0, 0.1) is 0 Å². The third kappa shape index (κ3) is 5.59. The molecule has 0 aliphatic heterocycles. The van der Waals surface area contributed by atoms with Gasteiger partial charge in [0.25, 0.3) is 10.0 Å². The van der Waals surface area contributed by atoms with E-state index in [4.69, 9.17) is 27.9 Å². The molecular formula is C18H20Cl2N2O4S. The SMILES string of the molecule is COC[C@@H](C)NC(=O)CN(c1cc(Cl)ccc1Cl)S(=O)(=O)c1ccccc1. The van der Waals surface area contributed by atoms with E-state index < -0.39 is 22.5 Å². The first kappa shape index (κ1) is 21.5. The number of rotatable bonds is 8. The quantitative estimate of drug-likeness (QED) is 0.696. The molecule has 6 nitrogen and oxygen atoms in total. The largest absolute Gasteiger partial charge is 0.383 e. The molecule has 1 N–H and O–H groups in total. The summed E-state index contributed by atoms with van der Waals surface area (Å²) in [5, 5.41) is 3.16. The molecule has 0 bridgehead atoms. The number of anilines is 1. The molecule has 0 unspecified atom stereocenters. The van der Waals surface area contributed by atoms with E-state index in [1.807, 2.05) is 0 Å². The molecule has 0 radical (unpaired) electrons. The van der Waals surface area contributed by atoms with E-state index in [9.17, 15) is 13.2 Å². The summed E-state index contributed by atoms with van der Waals surface area (Å²) in [6.45, 7) is 1.60. The van der Waals surface area contributed by atoms with Gasteiger partial charge in [-0.3, -0.25) is 9.10 Å². The lowest BCUT2D eigenvalue weighted by atomic mass is 10.3. The Labute approximate surface area is 169 Å². The van der Waals surface area contributed by atoms with Crippen LogP contribution in [-0.4, -0.2) is 40.6 Å². The number of amides is 1. The zero-order chi connectivity index (χ0) is 20.0. The van der Waals surface area contributed by atoms with E-state index in [1.54, 1.807) is 31.2 Å². The van der Waals surface area contributed by atoms with E-state index in [-0.39, 0.29) is 21.6 Å². The van der Waals surface area contributed by atoms with Crippen LogP contribution >= 0.6 is 23.2 Å². The molecule has 2 aromatic carbocycles. The fourth-order valence-electron chi connectivity index (χ4n) is 2.44. The third-order valence-corrected chi connectivity index (χ3v) is 5.95. The molecule has 2 aromatic rings. The first-order valence-electron chi connectivity index (χ1n) is 8.07. The number of benzene rings is 2. The van der Waals surface area contributed by atoms with Gasteiger partial charge in [-0.05, 0) is 37.3 Å². The molecule has 2 rings (SSSR count). The maximum atomic E-state index is 13.2. The van der Waals surface area contributed by atoms with Gasteiger partial charge < -0.3 is 10.1 Å². The smallest absolute Gasteiger partial charge is 0.264 e. The van der Waals surface area contributed by atoms with Crippen molar-refractivity contribution in [2.45, 2.75) is 17.9 Å². The molecule has 0 heterocycles. The third-order valence-electron chi connectivity index (χ3n) is 3.62. The van der Waals surface area contributed by atoms with Gasteiger partial charge in [-0.25, -0.2) is 8.42 Å². The van der Waals surface area contributed by atoms with Crippen molar-refractivity contribution in [3.8, 4) is 0 Å². The summed E-state index contributed by atoms with van der Waals surface area (Å²) >= 11 is 12.2. The predicted molar refractivity (Wildman–Crippen MR) is 107 cm³/mol.